The fraction of sp³-hybridized carbons (Fsp3) is 0.350. The van der Waals surface area contributed by atoms with E-state index in [-0.39, 0.29) is 11.9 Å². The lowest BCUT2D eigenvalue weighted by Gasteiger charge is -2.12. The third-order valence-electron chi connectivity index (χ3n) is 4.42. The van der Waals surface area contributed by atoms with Gasteiger partial charge in [0.2, 0.25) is 5.91 Å². The Morgan fingerprint density at radius 3 is 2.52 bits per heavy atom. The number of hydrogen-bond acceptors (Lipinski definition) is 4. The van der Waals surface area contributed by atoms with Gasteiger partial charge in [-0.2, -0.15) is 0 Å². The van der Waals surface area contributed by atoms with Gasteiger partial charge in [0.05, 0.1) is 11.8 Å². The Balaban J connectivity index is 1.60. The van der Waals surface area contributed by atoms with Crippen LogP contribution in [0, 0.1) is 0 Å². The lowest BCUT2D eigenvalue weighted by Crippen LogP contribution is -2.28. The highest BCUT2D eigenvalue weighted by Gasteiger charge is 2.13. The molecule has 3 aromatic rings. The fourth-order valence-electron chi connectivity index (χ4n) is 2.80. The van der Waals surface area contributed by atoms with Gasteiger partial charge >= 0.3 is 0 Å². The summed E-state index contributed by atoms with van der Waals surface area (Å²) in [7, 11) is 1.97. The molecule has 1 amide bonds. The minimum atomic E-state index is -0.0271. The maximum absolute atomic E-state index is 12.3. The van der Waals surface area contributed by atoms with Gasteiger partial charge < -0.3 is 9.88 Å². The molecule has 6 nitrogen and oxygen atoms in total. The molecule has 1 aromatic carbocycles. The van der Waals surface area contributed by atoms with Crippen molar-refractivity contribution in [1.29, 1.82) is 0 Å². The number of nitrogens with one attached hydrogen (secondary N) is 1. The van der Waals surface area contributed by atoms with Gasteiger partial charge in [-0.05, 0) is 42.2 Å². The monoisotopic (exact) mass is 383 g/mol. The van der Waals surface area contributed by atoms with Gasteiger partial charge in [0.1, 0.15) is 6.33 Å². The molecule has 0 saturated carbocycles. The molecule has 27 heavy (non-hydrogen) atoms. The average molecular weight is 384 g/mol. The lowest BCUT2D eigenvalue weighted by atomic mass is 10.0. The van der Waals surface area contributed by atoms with Crippen molar-refractivity contribution in [2.75, 3.05) is 5.75 Å². The number of aromatic nitrogens is 4. The zero-order valence-corrected chi connectivity index (χ0v) is 16.9. The number of nitrogens with zero attached hydrogens (tertiary/aromatic N) is 4. The van der Waals surface area contributed by atoms with Gasteiger partial charge in [-0.25, -0.2) is 0 Å². The van der Waals surface area contributed by atoms with Crippen LogP contribution >= 0.6 is 11.8 Å². The van der Waals surface area contributed by atoms with Crippen molar-refractivity contribution >= 4 is 17.7 Å². The number of rotatable bonds is 7. The fourth-order valence-corrected chi connectivity index (χ4v) is 3.54. The summed E-state index contributed by atoms with van der Waals surface area (Å²) in [6, 6.07) is 10.3. The molecule has 3 rings (SSSR count). The first-order valence-corrected chi connectivity index (χ1v) is 9.97. The van der Waals surface area contributed by atoms with Gasteiger partial charge in [0.25, 0.3) is 0 Å². The zero-order chi connectivity index (χ0) is 19.4. The molecule has 0 bridgehead atoms. The standard InChI is InChI=1S/C20H25N5OS/c1-14(2)16-5-7-18(8-6-16)25-13-21-23-20(25)27-12-19(26)22-15(3)17-9-10-24(4)11-17/h5-11,13-15H,12H2,1-4H3,(H,22,26). The number of carbonyl (C=O) groups excluding carboxylic acids is 1. The molecule has 2 aromatic heterocycles. The van der Waals surface area contributed by atoms with Crippen LogP contribution in [0.25, 0.3) is 5.69 Å². The molecule has 142 valence electrons. The Labute approximate surface area is 164 Å². The van der Waals surface area contributed by atoms with Crippen LogP contribution in [0.15, 0.2) is 54.2 Å². The number of carbonyl (C=O) groups is 1. The van der Waals surface area contributed by atoms with Gasteiger partial charge in [0, 0.05) is 25.1 Å². The second-order valence-electron chi connectivity index (χ2n) is 6.92. The molecule has 0 saturated heterocycles. The first-order valence-electron chi connectivity index (χ1n) is 8.98. The summed E-state index contributed by atoms with van der Waals surface area (Å²) in [5.41, 5.74) is 3.37. The predicted molar refractivity (Wildman–Crippen MR) is 108 cm³/mol. The van der Waals surface area contributed by atoms with Crippen LogP contribution in [0.5, 0.6) is 0 Å². The average Bonchev–Trinajstić information content (AvgIpc) is 3.29. The van der Waals surface area contributed by atoms with Crippen LogP contribution in [0.3, 0.4) is 0 Å². The van der Waals surface area contributed by atoms with Crippen molar-refractivity contribution < 1.29 is 4.79 Å². The Morgan fingerprint density at radius 2 is 1.89 bits per heavy atom. The van der Waals surface area contributed by atoms with Crippen molar-refractivity contribution in [2.45, 2.75) is 37.9 Å². The number of benzene rings is 1. The van der Waals surface area contributed by atoms with E-state index in [1.165, 1.54) is 17.3 Å². The van der Waals surface area contributed by atoms with E-state index in [0.717, 1.165) is 11.3 Å². The third-order valence-corrected chi connectivity index (χ3v) is 5.36. The molecule has 1 atom stereocenters. The van der Waals surface area contributed by atoms with Crippen LogP contribution in [0.4, 0.5) is 0 Å². The summed E-state index contributed by atoms with van der Waals surface area (Å²) in [4.78, 5) is 12.3. The van der Waals surface area contributed by atoms with Crippen molar-refractivity contribution in [3.8, 4) is 5.69 Å². The molecule has 0 spiro atoms. The Kier molecular flexibility index (Phi) is 6.01. The van der Waals surface area contributed by atoms with Gasteiger partial charge in [-0.3, -0.25) is 9.36 Å². The molecular formula is C20H25N5OS. The lowest BCUT2D eigenvalue weighted by molar-refractivity contribution is -0.119. The quantitative estimate of drug-likeness (QED) is 0.632. The van der Waals surface area contributed by atoms with E-state index in [2.05, 4.69) is 53.6 Å². The molecule has 1 unspecified atom stereocenters. The summed E-state index contributed by atoms with van der Waals surface area (Å²) >= 11 is 1.38. The number of hydrogen-bond donors (Lipinski definition) is 1. The van der Waals surface area contributed by atoms with Crippen LogP contribution in [0.1, 0.15) is 43.9 Å². The SMILES string of the molecule is CC(C)c1ccc(-n2cnnc2SCC(=O)NC(C)c2ccn(C)c2)cc1. The van der Waals surface area contributed by atoms with E-state index in [9.17, 15) is 4.79 Å². The second kappa shape index (κ2) is 8.43. The molecule has 1 N–H and O–H groups in total. The third kappa shape index (κ3) is 4.80. The largest absolute Gasteiger partial charge is 0.357 e. The molecule has 0 aliphatic rings. The van der Waals surface area contributed by atoms with Crippen molar-refractivity contribution in [1.82, 2.24) is 24.6 Å². The molecule has 2 heterocycles. The van der Waals surface area contributed by atoms with E-state index >= 15 is 0 Å². The summed E-state index contributed by atoms with van der Waals surface area (Å²) in [5.74, 6) is 0.755. The highest BCUT2D eigenvalue weighted by atomic mass is 32.2. The highest BCUT2D eigenvalue weighted by Crippen LogP contribution is 2.22. The summed E-state index contributed by atoms with van der Waals surface area (Å²) in [6.07, 6.45) is 5.66. The summed E-state index contributed by atoms with van der Waals surface area (Å²) in [5, 5.41) is 11.9. The number of aryl methyl sites for hydroxylation is 1. The van der Waals surface area contributed by atoms with Gasteiger partial charge in [-0.15, -0.1) is 10.2 Å². The Bertz CT molecular complexity index is 897. The van der Waals surface area contributed by atoms with E-state index in [1.807, 2.05) is 41.6 Å². The van der Waals surface area contributed by atoms with E-state index in [1.54, 1.807) is 6.33 Å². The summed E-state index contributed by atoms with van der Waals surface area (Å²) < 4.78 is 3.88. The topological polar surface area (TPSA) is 64.7 Å². The number of thioether (sulfide) groups is 1. The van der Waals surface area contributed by atoms with Crippen LogP contribution < -0.4 is 5.32 Å². The molecule has 0 radical (unpaired) electrons. The van der Waals surface area contributed by atoms with Gasteiger partial charge in [-0.1, -0.05) is 37.7 Å². The second-order valence-corrected chi connectivity index (χ2v) is 7.86. The minimum Gasteiger partial charge on any atom is -0.357 e. The number of amides is 1. The summed E-state index contributed by atoms with van der Waals surface area (Å²) in [6.45, 7) is 6.32. The maximum atomic E-state index is 12.3. The minimum absolute atomic E-state index is 0.0268. The Hall–Kier alpha value is -2.54. The predicted octanol–water partition coefficient (Wildman–Crippen LogP) is 3.70. The molecule has 7 heteroatoms. The van der Waals surface area contributed by atoms with Gasteiger partial charge in [0.15, 0.2) is 5.16 Å². The molecule has 0 aliphatic heterocycles. The van der Waals surface area contributed by atoms with E-state index in [4.69, 9.17) is 0 Å². The highest BCUT2D eigenvalue weighted by molar-refractivity contribution is 7.99. The van der Waals surface area contributed by atoms with Crippen molar-refractivity contribution in [3.05, 3.63) is 60.2 Å². The van der Waals surface area contributed by atoms with E-state index < -0.39 is 0 Å². The van der Waals surface area contributed by atoms with Crippen molar-refractivity contribution in [2.24, 2.45) is 7.05 Å². The molecule has 0 fully saturated rings. The maximum Gasteiger partial charge on any atom is 0.230 e. The zero-order valence-electron chi connectivity index (χ0n) is 16.1. The normalized spacial score (nSPS) is 12.3. The van der Waals surface area contributed by atoms with Crippen LogP contribution in [-0.4, -0.2) is 31.0 Å². The van der Waals surface area contributed by atoms with Crippen molar-refractivity contribution in [3.63, 3.8) is 0 Å². The first-order chi connectivity index (χ1) is 12.9. The molecule has 0 aliphatic carbocycles. The first kappa shape index (κ1) is 19.2. The van der Waals surface area contributed by atoms with Crippen LogP contribution in [0.2, 0.25) is 0 Å². The molecular weight excluding hydrogens is 358 g/mol. The van der Waals surface area contributed by atoms with Crippen LogP contribution in [-0.2, 0) is 11.8 Å². The Morgan fingerprint density at radius 1 is 1.15 bits per heavy atom. The smallest absolute Gasteiger partial charge is 0.230 e. The van der Waals surface area contributed by atoms with E-state index in [0.29, 0.717) is 16.8 Å².